The van der Waals surface area contributed by atoms with Crippen molar-refractivity contribution in [3.63, 3.8) is 0 Å². The third-order valence-corrected chi connectivity index (χ3v) is 7.36. The summed E-state index contributed by atoms with van der Waals surface area (Å²) in [5.41, 5.74) is 5.68. The van der Waals surface area contributed by atoms with Gasteiger partial charge in [-0.2, -0.15) is 0 Å². The molecule has 1 aromatic carbocycles. The van der Waals surface area contributed by atoms with Crippen LogP contribution < -0.4 is 21.1 Å². The van der Waals surface area contributed by atoms with Crippen molar-refractivity contribution in [3.05, 3.63) is 29.8 Å². The van der Waals surface area contributed by atoms with Gasteiger partial charge in [0, 0.05) is 33.6 Å². The van der Waals surface area contributed by atoms with Crippen molar-refractivity contribution >= 4 is 33.4 Å². The Morgan fingerprint density at radius 1 is 1.16 bits per heavy atom. The lowest BCUT2D eigenvalue weighted by Crippen LogP contribution is -2.29. The van der Waals surface area contributed by atoms with Gasteiger partial charge in [0.25, 0.3) is 5.91 Å². The van der Waals surface area contributed by atoms with Crippen LogP contribution in [0.15, 0.2) is 24.3 Å². The molecule has 1 atom stereocenters. The summed E-state index contributed by atoms with van der Waals surface area (Å²) in [7, 11) is 3.27. The maximum absolute atomic E-state index is 12.2. The number of amides is 2. The highest BCUT2D eigenvalue weighted by Crippen LogP contribution is 2.38. The van der Waals surface area contributed by atoms with Crippen LogP contribution in [0.4, 0.5) is 0 Å². The number of ether oxygens (including phenoxy) is 3. The summed E-state index contributed by atoms with van der Waals surface area (Å²) < 4.78 is 17.3. The van der Waals surface area contributed by atoms with Crippen LogP contribution in [0.2, 0.25) is 0 Å². The van der Waals surface area contributed by atoms with Crippen LogP contribution in [0.25, 0.3) is 0 Å². The average Bonchev–Trinajstić information content (AvgIpc) is 2.86. The van der Waals surface area contributed by atoms with Gasteiger partial charge in [0.05, 0.1) is 19.8 Å². The molecule has 37 heavy (non-hydrogen) atoms. The highest BCUT2D eigenvalue weighted by atomic mass is 33.1. The van der Waals surface area contributed by atoms with E-state index in [9.17, 15) is 9.59 Å². The van der Waals surface area contributed by atoms with Gasteiger partial charge in [-0.1, -0.05) is 88.0 Å². The number of carbonyl (C=O) groups excluding carboxylic acids is 2. The molecule has 0 bridgehead atoms. The monoisotopic (exact) mass is 561 g/mol. The van der Waals surface area contributed by atoms with E-state index < -0.39 is 0 Å². The molecule has 0 aliphatic carbocycles. The molecule has 0 fully saturated rings. The lowest BCUT2D eigenvalue weighted by molar-refractivity contribution is -0.126. The zero-order valence-electron chi connectivity index (χ0n) is 23.3. The summed E-state index contributed by atoms with van der Waals surface area (Å²) in [6.45, 7) is 16.3. The van der Waals surface area contributed by atoms with Crippen molar-refractivity contribution < 1.29 is 28.1 Å². The van der Waals surface area contributed by atoms with E-state index in [-0.39, 0.29) is 52.0 Å². The molecule has 1 unspecified atom stereocenters. The molecule has 0 radical (unpaired) electrons. The van der Waals surface area contributed by atoms with Gasteiger partial charge in [0.1, 0.15) is 24.4 Å². The quantitative estimate of drug-likeness (QED) is 0.121. The van der Waals surface area contributed by atoms with Gasteiger partial charge < -0.3 is 30.6 Å². The van der Waals surface area contributed by atoms with Crippen molar-refractivity contribution in [2.75, 3.05) is 46.1 Å². The van der Waals surface area contributed by atoms with E-state index in [1.165, 1.54) is 0 Å². The first-order chi connectivity index (χ1) is 17.6. The van der Waals surface area contributed by atoms with Crippen molar-refractivity contribution in [1.82, 2.24) is 10.6 Å². The second kappa shape index (κ2) is 21.1. The predicted molar refractivity (Wildman–Crippen MR) is 162 cm³/mol. The molecule has 0 spiro atoms. The summed E-state index contributed by atoms with van der Waals surface area (Å²) in [5, 5.41) is 5.44. The number of nitrogens with one attached hydrogen (secondary N) is 2. The number of carbonyl (C=O) groups is 2. The molecule has 0 aliphatic heterocycles. The normalized spacial score (nSPS) is 11.5. The Hall–Kier alpha value is -1.90. The summed E-state index contributed by atoms with van der Waals surface area (Å²) in [4.78, 5) is 23.9. The van der Waals surface area contributed by atoms with Crippen molar-refractivity contribution in [3.8, 4) is 17.6 Å². The van der Waals surface area contributed by atoms with Gasteiger partial charge in [0.15, 0.2) is 0 Å². The lowest BCUT2D eigenvalue weighted by Gasteiger charge is -2.22. The Bertz CT molecular complexity index is 851. The van der Waals surface area contributed by atoms with Crippen LogP contribution in [0, 0.1) is 17.8 Å². The largest absolute Gasteiger partial charge is 0.490 e. The molecule has 1 aromatic rings. The summed E-state index contributed by atoms with van der Waals surface area (Å²) in [6, 6.07) is 6.98. The van der Waals surface area contributed by atoms with Gasteiger partial charge in [-0.15, -0.1) is 0 Å². The van der Waals surface area contributed by atoms with Gasteiger partial charge in [0.2, 0.25) is 5.91 Å². The molecule has 1 rings (SSSR count). The number of hydrogen-bond acceptors (Lipinski definition) is 8. The second-order valence-electron chi connectivity index (χ2n) is 8.78. The molecule has 4 N–H and O–H groups in total. The fourth-order valence-electron chi connectivity index (χ4n) is 2.33. The van der Waals surface area contributed by atoms with Gasteiger partial charge in [-0.3, -0.25) is 9.59 Å². The zero-order valence-corrected chi connectivity index (χ0v) is 25.0. The van der Waals surface area contributed by atoms with Crippen LogP contribution in [-0.2, 0) is 14.3 Å². The van der Waals surface area contributed by atoms with Crippen LogP contribution in [-0.4, -0.2) is 68.1 Å². The number of nitrogens with two attached hydrogens (primary N) is 1. The molecule has 0 saturated heterocycles. The fourth-order valence-corrected chi connectivity index (χ4v) is 4.53. The SMILES string of the molecule is CC.CC(C)C#CCNC(=O)COCCOC(COc1cccc(C(=O)NCCN)c1)SSC(C)(C)C.[HH].[HH].[HH]. The summed E-state index contributed by atoms with van der Waals surface area (Å²) in [6.07, 6.45) is 0. The molecule has 8 nitrogen and oxygen atoms in total. The summed E-state index contributed by atoms with van der Waals surface area (Å²) in [5.74, 6) is 6.33. The highest BCUT2D eigenvalue weighted by molar-refractivity contribution is 8.77. The molecule has 216 valence electrons. The Morgan fingerprint density at radius 3 is 2.54 bits per heavy atom. The first kappa shape index (κ1) is 35.1. The standard InChI is InChI=1S/C25H39N3O5S2.C2H6.3H2/c1-19(2)8-7-12-27-22(29)17-31-14-15-32-23(34-35-25(3,4)5)18-33-21-10-6-9-20(16-21)24(30)28-13-11-26;1-2;;;/h6,9-10,16,19,23H,11-15,17-18,26H2,1-5H3,(H,27,29)(H,28,30);1-2H3;3*1H. The maximum atomic E-state index is 12.2. The van der Waals surface area contributed by atoms with E-state index in [1.807, 2.05) is 27.7 Å². The summed E-state index contributed by atoms with van der Waals surface area (Å²) >= 11 is 0. The molecule has 0 saturated carbocycles. The Labute approximate surface area is 235 Å². The van der Waals surface area contributed by atoms with E-state index in [4.69, 9.17) is 19.9 Å². The second-order valence-corrected chi connectivity index (χ2v) is 12.0. The zero-order chi connectivity index (χ0) is 28.1. The Balaban J connectivity index is -0.00000126. The smallest absolute Gasteiger partial charge is 0.251 e. The Kier molecular flexibility index (Phi) is 20.0. The molecule has 2 amide bonds. The number of hydrogen-bond donors (Lipinski definition) is 3. The minimum Gasteiger partial charge on any atom is -0.490 e. The molecule has 0 heterocycles. The minimum absolute atomic E-state index is 0. The van der Waals surface area contributed by atoms with Gasteiger partial charge >= 0.3 is 0 Å². The van der Waals surface area contributed by atoms with E-state index >= 15 is 0 Å². The van der Waals surface area contributed by atoms with Crippen LogP contribution >= 0.6 is 21.6 Å². The molecule has 10 heteroatoms. The highest BCUT2D eigenvalue weighted by Gasteiger charge is 2.18. The molecule has 0 aliphatic rings. The van der Waals surface area contributed by atoms with Crippen molar-refractivity contribution in [1.29, 1.82) is 0 Å². The van der Waals surface area contributed by atoms with Crippen LogP contribution in [0.5, 0.6) is 5.75 Å². The van der Waals surface area contributed by atoms with E-state index in [2.05, 4.69) is 43.2 Å². The fraction of sp³-hybridized carbons (Fsp3) is 0.630. The van der Waals surface area contributed by atoms with E-state index in [0.717, 1.165) is 0 Å². The topological polar surface area (TPSA) is 112 Å². The van der Waals surface area contributed by atoms with Gasteiger partial charge in [-0.25, -0.2) is 0 Å². The molecule has 0 aromatic heterocycles. The van der Waals surface area contributed by atoms with Crippen LogP contribution in [0.3, 0.4) is 0 Å². The number of benzene rings is 1. The average molecular weight is 562 g/mol. The number of rotatable bonds is 15. The van der Waals surface area contributed by atoms with Crippen LogP contribution in [0.1, 0.15) is 63.1 Å². The third kappa shape index (κ3) is 19.8. The first-order valence-corrected chi connectivity index (χ1v) is 14.8. The molecular formula is C27H51N3O5S2. The van der Waals surface area contributed by atoms with Gasteiger partial charge in [-0.05, 0) is 18.2 Å². The van der Waals surface area contributed by atoms with E-state index in [1.54, 1.807) is 45.9 Å². The third-order valence-electron chi connectivity index (χ3n) is 3.85. The maximum Gasteiger partial charge on any atom is 0.251 e. The Morgan fingerprint density at radius 2 is 1.89 bits per heavy atom. The van der Waals surface area contributed by atoms with Crippen molar-refractivity contribution in [2.24, 2.45) is 11.7 Å². The first-order valence-electron chi connectivity index (χ1n) is 12.6. The van der Waals surface area contributed by atoms with Crippen molar-refractivity contribution in [2.45, 2.75) is 58.6 Å². The predicted octanol–water partition coefficient (Wildman–Crippen LogP) is 4.83. The lowest BCUT2D eigenvalue weighted by atomic mass is 10.2. The minimum atomic E-state index is -0.266. The van der Waals surface area contributed by atoms with E-state index in [0.29, 0.717) is 37.6 Å². The molecular weight excluding hydrogens is 510 g/mol.